The number of benzene rings is 1. The van der Waals surface area contributed by atoms with E-state index in [0.717, 1.165) is 41.1 Å². The molecule has 0 spiro atoms. The highest BCUT2D eigenvalue weighted by molar-refractivity contribution is 6.30. The summed E-state index contributed by atoms with van der Waals surface area (Å²) in [4.78, 5) is 13.3. The number of fused-ring (bicyclic) bond motifs is 2. The molecule has 1 aliphatic heterocycles. The molecule has 6 rings (SSSR count). The number of nitrogens with one attached hydrogen (secondary N) is 2. The van der Waals surface area contributed by atoms with Gasteiger partial charge in [0.25, 0.3) is 0 Å². The van der Waals surface area contributed by atoms with E-state index < -0.39 is 0 Å². The molecule has 3 aliphatic carbocycles. The highest BCUT2D eigenvalue weighted by Gasteiger charge is 2.54. The summed E-state index contributed by atoms with van der Waals surface area (Å²) in [5.41, 5.74) is 2.54. The van der Waals surface area contributed by atoms with Crippen molar-refractivity contribution in [3.8, 4) is 0 Å². The van der Waals surface area contributed by atoms with Crippen molar-refractivity contribution < 1.29 is 4.79 Å². The first kappa shape index (κ1) is 29.3. The maximum Gasteiger partial charge on any atom is 0.237 e. The Morgan fingerprint density at radius 2 is 1.83 bits per heavy atom. The normalized spacial score (nSPS) is 30.5. The number of carbonyl (C=O) groups excluding carboxylic acids is 1. The highest BCUT2D eigenvalue weighted by atomic mass is 35.5. The molecule has 3 saturated carbocycles. The van der Waals surface area contributed by atoms with Crippen molar-refractivity contribution in [2.24, 2.45) is 23.2 Å². The molecule has 36 heavy (non-hydrogen) atoms. The summed E-state index contributed by atoms with van der Waals surface area (Å²) in [6.45, 7) is 12.1. The van der Waals surface area contributed by atoms with Crippen LogP contribution in [0.15, 0.2) is 36.5 Å². The van der Waals surface area contributed by atoms with Gasteiger partial charge in [-0.05, 0) is 93.4 Å². The molecule has 4 aliphatic rings. The first-order valence-electron chi connectivity index (χ1n) is 12.9. The number of amides is 1. The summed E-state index contributed by atoms with van der Waals surface area (Å²) in [6, 6.07) is 9.88. The average Bonchev–Trinajstić information content (AvgIpc) is 3.45. The number of aromatic nitrogens is 2. The van der Waals surface area contributed by atoms with Gasteiger partial charge in [0.1, 0.15) is 0 Å². The molecule has 6 atom stereocenters. The summed E-state index contributed by atoms with van der Waals surface area (Å²) in [7, 11) is 0. The van der Waals surface area contributed by atoms with Crippen molar-refractivity contribution in [2.75, 3.05) is 6.54 Å². The molecule has 2 bridgehead atoms. The molecule has 0 radical (unpaired) electrons. The fourth-order valence-electron chi connectivity index (χ4n) is 6.73. The topological polar surface area (TPSA) is 59.0 Å². The van der Waals surface area contributed by atoms with Gasteiger partial charge in [0.15, 0.2) is 0 Å². The average molecular weight is 556 g/mol. The van der Waals surface area contributed by atoms with E-state index in [9.17, 15) is 4.79 Å². The molecular formula is C28H41Cl3N4O. The molecule has 8 heteroatoms. The molecule has 2 heterocycles. The Bertz CT molecular complexity index is 1040. The Morgan fingerprint density at radius 3 is 2.42 bits per heavy atom. The van der Waals surface area contributed by atoms with E-state index in [1.54, 1.807) is 0 Å². The SMILES string of the molecule is CC1(C)C2CC[C@@H](CNC(=O)[C@@H]3CC(c4ccn(C(C)(C)C)n4)[C@H](c4ccc(Cl)cc4)N3)C1C2.Cl.Cl. The number of hydrogen-bond acceptors (Lipinski definition) is 3. The number of rotatable bonds is 5. The van der Waals surface area contributed by atoms with Gasteiger partial charge in [-0.25, -0.2) is 0 Å². The summed E-state index contributed by atoms with van der Waals surface area (Å²) < 4.78 is 2.02. The van der Waals surface area contributed by atoms with Gasteiger partial charge in [-0.15, -0.1) is 24.8 Å². The summed E-state index contributed by atoms with van der Waals surface area (Å²) in [6.07, 6.45) is 6.69. The number of halogens is 3. The fourth-order valence-corrected chi connectivity index (χ4v) is 6.86. The van der Waals surface area contributed by atoms with Gasteiger partial charge in [0, 0.05) is 29.7 Å². The first-order chi connectivity index (χ1) is 16.0. The zero-order chi connectivity index (χ0) is 24.3. The minimum absolute atomic E-state index is 0. The van der Waals surface area contributed by atoms with E-state index in [1.165, 1.54) is 19.3 Å². The van der Waals surface area contributed by atoms with E-state index in [1.807, 2.05) is 16.8 Å². The molecule has 1 saturated heterocycles. The minimum Gasteiger partial charge on any atom is -0.354 e. The van der Waals surface area contributed by atoms with E-state index in [-0.39, 0.29) is 54.3 Å². The van der Waals surface area contributed by atoms with E-state index in [4.69, 9.17) is 16.7 Å². The van der Waals surface area contributed by atoms with Gasteiger partial charge in [-0.3, -0.25) is 14.8 Å². The number of carbonyl (C=O) groups is 1. The van der Waals surface area contributed by atoms with Crippen LogP contribution in [0.1, 0.15) is 83.5 Å². The monoisotopic (exact) mass is 554 g/mol. The predicted octanol–water partition coefficient (Wildman–Crippen LogP) is 6.51. The van der Waals surface area contributed by atoms with Crippen LogP contribution in [0.2, 0.25) is 5.02 Å². The lowest BCUT2D eigenvalue weighted by molar-refractivity contribution is -0.126. The lowest BCUT2D eigenvalue weighted by atomic mass is 9.45. The van der Waals surface area contributed by atoms with E-state index in [0.29, 0.717) is 11.3 Å². The molecule has 3 unspecified atom stereocenters. The Labute approximate surface area is 233 Å². The van der Waals surface area contributed by atoms with Crippen LogP contribution in [0, 0.1) is 23.2 Å². The smallest absolute Gasteiger partial charge is 0.237 e. The second-order valence-corrected chi connectivity index (χ2v) is 12.8. The lowest BCUT2D eigenvalue weighted by Gasteiger charge is -2.60. The van der Waals surface area contributed by atoms with Gasteiger partial charge in [0.05, 0.1) is 17.3 Å². The van der Waals surface area contributed by atoms with Crippen molar-refractivity contribution in [3.63, 3.8) is 0 Å². The largest absolute Gasteiger partial charge is 0.354 e. The van der Waals surface area contributed by atoms with E-state index in [2.05, 4.69) is 69.6 Å². The van der Waals surface area contributed by atoms with Gasteiger partial charge >= 0.3 is 0 Å². The lowest BCUT2D eigenvalue weighted by Crippen LogP contribution is -2.55. The maximum atomic E-state index is 13.3. The summed E-state index contributed by atoms with van der Waals surface area (Å²) >= 11 is 6.15. The second-order valence-electron chi connectivity index (χ2n) is 12.4. The zero-order valence-electron chi connectivity index (χ0n) is 22.0. The summed E-state index contributed by atoms with van der Waals surface area (Å²) in [5, 5.41) is 12.6. The maximum absolute atomic E-state index is 13.3. The quantitative estimate of drug-likeness (QED) is 0.442. The van der Waals surface area contributed by atoms with Gasteiger partial charge in [0.2, 0.25) is 5.91 Å². The van der Waals surface area contributed by atoms with Gasteiger partial charge in [-0.2, -0.15) is 5.10 Å². The van der Waals surface area contributed by atoms with Crippen LogP contribution in [0.4, 0.5) is 0 Å². The highest BCUT2D eigenvalue weighted by Crippen LogP contribution is 2.61. The molecule has 2 N–H and O–H groups in total. The van der Waals surface area contributed by atoms with Crippen LogP contribution >= 0.6 is 36.4 Å². The first-order valence-corrected chi connectivity index (χ1v) is 13.3. The van der Waals surface area contributed by atoms with Crippen molar-refractivity contribution in [1.82, 2.24) is 20.4 Å². The van der Waals surface area contributed by atoms with Crippen molar-refractivity contribution in [1.29, 1.82) is 0 Å². The molecular weight excluding hydrogens is 515 g/mol. The van der Waals surface area contributed by atoms with Crippen LogP contribution in [0.5, 0.6) is 0 Å². The van der Waals surface area contributed by atoms with Crippen LogP contribution in [0.3, 0.4) is 0 Å². The molecule has 4 fully saturated rings. The Hall–Kier alpha value is -1.27. The third-order valence-corrected chi connectivity index (χ3v) is 9.29. The van der Waals surface area contributed by atoms with Gasteiger partial charge in [-0.1, -0.05) is 37.6 Å². The minimum atomic E-state index is -0.226. The molecule has 1 amide bonds. The van der Waals surface area contributed by atoms with Crippen LogP contribution in [-0.4, -0.2) is 28.3 Å². The third kappa shape index (κ3) is 5.45. The molecule has 1 aromatic heterocycles. The predicted molar refractivity (Wildman–Crippen MR) is 151 cm³/mol. The van der Waals surface area contributed by atoms with Crippen LogP contribution in [-0.2, 0) is 10.3 Å². The summed E-state index contributed by atoms with van der Waals surface area (Å²) in [5.74, 6) is 2.49. The molecule has 200 valence electrons. The molecule has 5 nitrogen and oxygen atoms in total. The number of nitrogens with zero attached hydrogens (tertiary/aromatic N) is 2. The van der Waals surface area contributed by atoms with Crippen molar-refractivity contribution in [3.05, 3.63) is 52.8 Å². The Balaban J connectivity index is 0.00000180. The van der Waals surface area contributed by atoms with Crippen LogP contribution < -0.4 is 10.6 Å². The Kier molecular flexibility index (Phi) is 8.82. The zero-order valence-corrected chi connectivity index (χ0v) is 24.3. The third-order valence-electron chi connectivity index (χ3n) is 9.04. The van der Waals surface area contributed by atoms with Crippen molar-refractivity contribution in [2.45, 2.75) is 83.8 Å². The van der Waals surface area contributed by atoms with Gasteiger partial charge < -0.3 is 5.32 Å². The number of hydrogen-bond donors (Lipinski definition) is 2. The standard InChI is InChI=1S/C28H39ClN4O.2ClH/c1-27(2,3)33-13-12-23(32-33)21-15-24(31-25(21)17-7-10-20(29)11-8-17)26(34)30-16-18-6-9-19-14-22(18)28(19,4)5;;/h7-8,10-13,18-19,21-22,24-25,31H,6,9,14-16H2,1-5H3,(H,30,34);2*1H/t18-,19?,21?,22?,24-,25-;;/m0../s1. The Morgan fingerprint density at radius 1 is 1.14 bits per heavy atom. The fraction of sp³-hybridized carbons (Fsp3) is 0.643. The molecule has 1 aromatic carbocycles. The molecule has 2 aromatic rings. The second kappa shape index (κ2) is 10.8. The van der Waals surface area contributed by atoms with Crippen molar-refractivity contribution >= 4 is 42.3 Å². The van der Waals surface area contributed by atoms with E-state index >= 15 is 0 Å². The van der Waals surface area contributed by atoms with Crippen LogP contribution in [0.25, 0.3) is 0 Å².